The molecule has 2 heterocycles. The average molecular weight is 438 g/mol. The molecule has 0 saturated heterocycles. The Kier molecular flexibility index (Phi) is 6.58. The number of hydrogen-bond acceptors (Lipinski definition) is 5. The van der Waals surface area contributed by atoms with E-state index in [0.29, 0.717) is 30.2 Å². The van der Waals surface area contributed by atoms with E-state index >= 15 is 0 Å². The van der Waals surface area contributed by atoms with E-state index in [-0.39, 0.29) is 17.8 Å². The second kappa shape index (κ2) is 9.90. The number of rotatable bonds is 8. The Hall–Kier alpha value is -4.28. The summed E-state index contributed by atoms with van der Waals surface area (Å²) in [7, 11) is 0. The number of aromatic nitrogens is 3. The van der Waals surface area contributed by atoms with Gasteiger partial charge in [-0.05, 0) is 41.3 Å². The van der Waals surface area contributed by atoms with Crippen molar-refractivity contribution in [1.29, 1.82) is 5.26 Å². The first-order chi connectivity index (χ1) is 16.0. The van der Waals surface area contributed by atoms with Crippen LogP contribution in [0.2, 0.25) is 0 Å². The maximum absolute atomic E-state index is 12.4. The van der Waals surface area contributed by atoms with Gasteiger partial charge in [0.1, 0.15) is 5.78 Å². The summed E-state index contributed by atoms with van der Waals surface area (Å²) < 4.78 is 7.12. The summed E-state index contributed by atoms with van der Waals surface area (Å²) in [4.78, 5) is 28.0. The van der Waals surface area contributed by atoms with Crippen LogP contribution in [0.15, 0.2) is 77.9 Å². The van der Waals surface area contributed by atoms with Gasteiger partial charge in [0.2, 0.25) is 0 Å². The van der Waals surface area contributed by atoms with E-state index in [4.69, 9.17) is 4.74 Å². The van der Waals surface area contributed by atoms with Gasteiger partial charge < -0.3 is 4.74 Å². The molecule has 2 aromatic heterocycles. The van der Waals surface area contributed by atoms with E-state index < -0.39 is 0 Å². The van der Waals surface area contributed by atoms with Crippen molar-refractivity contribution in [2.24, 2.45) is 0 Å². The third kappa shape index (κ3) is 5.14. The van der Waals surface area contributed by atoms with Gasteiger partial charge in [0.15, 0.2) is 5.82 Å². The molecule has 0 atom stereocenters. The van der Waals surface area contributed by atoms with Crippen molar-refractivity contribution < 1.29 is 9.53 Å². The number of carbonyl (C=O) groups is 1. The summed E-state index contributed by atoms with van der Waals surface area (Å²) in [6, 6.07) is 21.3. The summed E-state index contributed by atoms with van der Waals surface area (Å²) in [6.07, 6.45) is 3.29. The standard InChI is InChI=1S/C26H22N4O3/c1-18(31)12-23-15-29-30(26(23)32)25-11-8-20(14-28-25)17-33-16-19-6-9-21(10-7-19)24-5-3-2-4-22(24)13-27/h2-11,14-15,29H,12,16-17H2,1H3. The smallest absolute Gasteiger partial charge is 0.276 e. The summed E-state index contributed by atoms with van der Waals surface area (Å²) in [6.45, 7) is 2.26. The van der Waals surface area contributed by atoms with Gasteiger partial charge in [-0.1, -0.05) is 48.5 Å². The van der Waals surface area contributed by atoms with Crippen LogP contribution in [0.4, 0.5) is 0 Å². The molecule has 1 N–H and O–H groups in total. The Labute approximate surface area is 190 Å². The molecule has 0 radical (unpaired) electrons. The zero-order chi connectivity index (χ0) is 23.2. The number of Topliss-reactive ketones (excluding diaryl/α,β-unsaturated/α-hetero) is 1. The van der Waals surface area contributed by atoms with Crippen LogP contribution >= 0.6 is 0 Å². The van der Waals surface area contributed by atoms with Crippen molar-refractivity contribution in [3.63, 3.8) is 0 Å². The first kappa shape index (κ1) is 21.9. The van der Waals surface area contributed by atoms with Crippen molar-refractivity contribution in [3.8, 4) is 23.0 Å². The predicted molar refractivity (Wildman–Crippen MR) is 124 cm³/mol. The number of nitrogens with zero attached hydrogens (tertiary/aromatic N) is 3. The number of hydrogen-bond donors (Lipinski definition) is 1. The van der Waals surface area contributed by atoms with Gasteiger partial charge >= 0.3 is 0 Å². The Morgan fingerprint density at radius 1 is 1.06 bits per heavy atom. The fourth-order valence-electron chi connectivity index (χ4n) is 3.51. The minimum Gasteiger partial charge on any atom is -0.372 e. The summed E-state index contributed by atoms with van der Waals surface area (Å²) >= 11 is 0. The second-order valence-electron chi connectivity index (χ2n) is 7.69. The molecule has 0 aliphatic heterocycles. The average Bonchev–Trinajstić information content (AvgIpc) is 3.19. The zero-order valence-electron chi connectivity index (χ0n) is 18.1. The summed E-state index contributed by atoms with van der Waals surface area (Å²) in [5.41, 5.74) is 4.58. The molecular formula is C26H22N4O3. The molecular weight excluding hydrogens is 416 g/mol. The molecule has 33 heavy (non-hydrogen) atoms. The van der Waals surface area contributed by atoms with E-state index in [1.165, 1.54) is 17.8 Å². The van der Waals surface area contributed by atoms with Crippen LogP contribution < -0.4 is 5.56 Å². The Balaban J connectivity index is 1.35. The highest BCUT2D eigenvalue weighted by Crippen LogP contribution is 2.23. The molecule has 7 nitrogen and oxygen atoms in total. The highest BCUT2D eigenvalue weighted by atomic mass is 16.5. The molecule has 4 rings (SSSR count). The lowest BCUT2D eigenvalue weighted by Gasteiger charge is -2.08. The molecule has 0 fully saturated rings. The number of nitriles is 1. The third-order valence-electron chi connectivity index (χ3n) is 5.17. The van der Waals surface area contributed by atoms with Gasteiger partial charge in [-0.3, -0.25) is 14.7 Å². The van der Waals surface area contributed by atoms with Gasteiger partial charge in [0, 0.05) is 24.4 Å². The molecule has 2 aromatic carbocycles. The Bertz CT molecular complexity index is 1360. The quantitative estimate of drug-likeness (QED) is 0.449. The number of aromatic amines is 1. The van der Waals surface area contributed by atoms with Crippen LogP contribution in [0.25, 0.3) is 16.9 Å². The largest absolute Gasteiger partial charge is 0.372 e. The topological polar surface area (TPSA) is 101 Å². The molecule has 0 spiro atoms. The predicted octanol–water partition coefficient (Wildman–Crippen LogP) is 3.95. The van der Waals surface area contributed by atoms with Crippen LogP contribution in [-0.2, 0) is 29.2 Å². The number of carbonyl (C=O) groups excluding carboxylic acids is 1. The first-order valence-electron chi connectivity index (χ1n) is 10.5. The van der Waals surface area contributed by atoms with E-state index in [1.807, 2.05) is 54.6 Å². The van der Waals surface area contributed by atoms with E-state index in [1.54, 1.807) is 12.3 Å². The third-order valence-corrected chi connectivity index (χ3v) is 5.17. The fourth-order valence-corrected chi connectivity index (χ4v) is 3.51. The summed E-state index contributed by atoms with van der Waals surface area (Å²) in [5, 5.41) is 12.1. The van der Waals surface area contributed by atoms with Crippen molar-refractivity contribution in [1.82, 2.24) is 14.8 Å². The van der Waals surface area contributed by atoms with Crippen LogP contribution in [-0.4, -0.2) is 20.5 Å². The lowest BCUT2D eigenvalue weighted by Crippen LogP contribution is -2.19. The molecule has 0 saturated carbocycles. The van der Waals surface area contributed by atoms with Gasteiger partial charge in [-0.15, -0.1) is 0 Å². The summed E-state index contributed by atoms with van der Waals surface area (Å²) in [5.74, 6) is 0.382. The lowest BCUT2D eigenvalue weighted by atomic mass is 9.99. The molecule has 0 amide bonds. The van der Waals surface area contributed by atoms with Gasteiger partial charge in [0.05, 0.1) is 24.8 Å². The van der Waals surface area contributed by atoms with Crippen LogP contribution in [0.3, 0.4) is 0 Å². The van der Waals surface area contributed by atoms with E-state index in [2.05, 4.69) is 16.2 Å². The SMILES string of the molecule is CC(=O)Cc1c[nH]n(-c2ccc(COCc3ccc(-c4ccccc4C#N)cc3)cn2)c1=O. The highest BCUT2D eigenvalue weighted by Gasteiger charge is 2.10. The molecule has 164 valence electrons. The normalized spacial score (nSPS) is 10.7. The lowest BCUT2D eigenvalue weighted by molar-refractivity contribution is -0.116. The molecule has 0 unspecified atom stereocenters. The molecule has 0 aliphatic rings. The molecule has 7 heteroatoms. The monoisotopic (exact) mass is 438 g/mol. The van der Waals surface area contributed by atoms with Crippen molar-refractivity contribution in [3.05, 3.63) is 106 Å². The number of ketones is 1. The van der Waals surface area contributed by atoms with Crippen molar-refractivity contribution in [2.75, 3.05) is 0 Å². The second-order valence-corrected chi connectivity index (χ2v) is 7.69. The van der Waals surface area contributed by atoms with Gasteiger partial charge in [-0.2, -0.15) is 5.26 Å². The van der Waals surface area contributed by atoms with E-state index in [0.717, 1.165) is 22.3 Å². The maximum Gasteiger partial charge on any atom is 0.276 e. The van der Waals surface area contributed by atoms with Gasteiger partial charge in [0.25, 0.3) is 5.56 Å². The molecule has 4 aromatic rings. The number of benzene rings is 2. The van der Waals surface area contributed by atoms with Crippen molar-refractivity contribution in [2.45, 2.75) is 26.6 Å². The fraction of sp³-hybridized carbons (Fsp3) is 0.154. The highest BCUT2D eigenvalue weighted by molar-refractivity contribution is 5.78. The zero-order valence-corrected chi connectivity index (χ0v) is 18.1. The Morgan fingerprint density at radius 2 is 1.79 bits per heavy atom. The van der Waals surface area contributed by atoms with Crippen LogP contribution in [0.5, 0.6) is 0 Å². The molecule has 0 bridgehead atoms. The number of nitrogens with one attached hydrogen (secondary N) is 1. The number of pyridine rings is 1. The van der Waals surface area contributed by atoms with Crippen molar-refractivity contribution >= 4 is 5.78 Å². The van der Waals surface area contributed by atoms with E-state index in [9.17, 15) is 14.9 Å². The van der Waals surface area contributed by atoms with Gasteiger partial charge in [-0.25, -0.2) is 9.67 Å². The van der Waals surface area contributed by atoms with Crippen LogP contribution in [0.1, 0.15) is 29.2 Å². The molecule has 0 aliphatic carbocycles. The minimum atomic E-state index is -0.275. The minimum absolute atomic E-state index is 0.0691. The maximum atomic E-state index is 12.4. The number of ether oxygens (including phenoxy) is 1. The van der Waals surface area contributed by atoms with Crippen LogP contribution in [0, 0.1) is 11.3 Å². The first-order valence-corrected chi connectivity index (χ1v) is 10.5. The number of H-pyrrole nitrogens is 1. The Morgan fingerprint density at radius 3 is 2.48 bits per heavy atom.